The van der Waals surface area contributed by atoms with Crippen molar-refractivity contribution in [3.8, 4) is 0 Å². The Balaban J connectivity index is 1.85. The summed E-state index contributed by atoms with van der Waals surface area (Å²) in [7, 11) is 0. The summed E-state index contributed by atoms with van der Waals surface area (Å²) in [5.74, 6) is -3.01. The summed E-state index contributed by atoms with van der Waals surface area (Å²) in [4.78, 5) is 18.6. The molecule has 0 atom stereocenters. The zero-order valence-corrected chi connectivity index (χ0v) is 17.0. The lowest BCUT2D eigenvalue weighted by molar-refractivity contribution is -0.129. The van der Waals surface area contributed by atoms with Crippen LogP contribution >= 0.6 is 11.6 Å². The number of aliphatic imine (C=N–C) groups is 1. The second kappa shape index (κ2) is 9.18. The zero-order chi connectivity index (χ0) is 21.0. The predicted octanol–water partition coefficient (Wildman–Crippen LogP) is 5.59. The van der Waals surface area contributed by atoms with Gasteiger partial charge in [-0.25, -0.2) is 18.6 Å². The summed E-state index contributed by atoms with van der Waals surface area (Å²) in [6.07, 6.45) is 3.69. The second-order valence-corrected chi connectivity index (χ2v) is 7.07. The highest BCUT2D eigenvalue weighted by molar-refractivity contribution is 6.34. The summed E-state index contributed by atoms with van der Waals surface area (Å²) >= 11 is 5.93. The summed E-state index contributed by atoms with van der Waals surface area (Å²) in [5, 5.41) is -0.0898. The molecule has 0 aromatic heterocycles. The maximum Gasteiger partial charge on any atom is 0.363 e. The van der Waals surface area contributed by atoms with Crippen LogP contribution in [0.5, 0.6) is 0 Å². The van der Waals surface area contributed by atoms with Gasteiger partial charge in [-0.2, -0.15) is 0 Å². The summed E-state index contributed by atoms with van der Waals surface area (Å²) in [5.41, 5.74) is 1.97. The molecule has 1 aliphatic rings. The number of esters is 1. The molecule has 0 unspecified atom stereocenters. The Bertz CT molecular complexity index is 966. The molecule has 0 bridgehead atoms. The van der Waals surface area contributed by atoms with Crippen LogP contribution in [-0.4, -0.2) is 25.0 Å². The van der Waals surface area contributed by atoms with Crippen molar-refractivity contribution in [2.24, 2.45) is 4.99 Å². The fourth-order valence-electron chi connectivity index (χ4n) is 3.06. The minimum Gasteiger partial charge on any atom is -0.402 e. The first-order valence-electron chi connectivity index (χ1n) is 9.45. The van der Waals surface area contributed by atoms with Crippen LogP contribution in [0.4, 0.5) is 14.5 Å². The topological polar surface area (TPSA) is 41.9 Å². The Morgan fingerprint density at radius 2 is 1.69 bits per heavy atom. The van der Waals surface area contributed by atoms with Crippen molar-refractivity contribution in [2.45, 2.75) is 26.7 Å². The summed E-state index contributed by atoms with van der Waals surface area (Å²) in [6.45, 7) is 6.23. The highest BCUT2D eigenvalue weighted by atomic mass is 35.5. The van der Waals surface area contributed by atoms with Gasteiger partial charge in [-0.05, 0) is 48.7 Å². The Labute approximate surface area is 173 Å². The number of cyclic esters (lactones) is 1. The van der Waals surface area contributed by atoms with Crippen molar-refractivity contribution in [1.82, 2.24) is 0 Å². The molecule has 4 nitrogen and oxygen atoms in total. The van der Waals surface area contributed by atoms with Gasteiger partial charge in [0.2, 0.25) is 5.90 Å². The van der Waals surface area contributed by atoms with E-state index in [0.29, 0.717) is 0 Å². The molecule has 0 fully saturated rings. The average Bonchev–Trinajstić information content (AvgIpc) is 3.05. The number of carbonyl (C=O) groups excluding carboxylic acids is 1. The molecule has 0 saturated heterocycles. The van der Waals surface area contributed by atoms with E-state index in [9.17, 15) is 13.6 Å². The number of rotatable bonds is 7. The lowest BCUT2D eigenvalue weighted by Crippen LogP contribution is -2.24. The van der Waals surface area contributed by atoms with Gasteiger partial charge in [0.05, 0.1) is 10.6 Å². The van der Waals surface area contributed by atoms with E-state index in [1.807, 2.05) is 24.3 Å². The molecule has 0 N–H and O–H groups in total. The third-order valence-electron chi connectivity index (χ3n) is 4.41. The average molecular weight is 419 g/mol. The molecule has 7 heteroatoms. The van der Waals surface area contributed by atoms with Crippen LogP contribution in [-0.2, 0) is 9.53 Å². The van der Waals surface area contributed by atoms with E-state index in [-0.39, 0.29) is 22.2 Å². The Morgan fingerprint density at radius 3 is 2.31 bits per heavy atom. The quantitative estimate of drug-likeness (QED) is 0.334. The first kappa shape index (κ1) is 21.0. The highest BCUT2D eigenvalue weighted by Crippen LogP contribution is 2.26. The maximum atomic E-state index is 13.5. The van der Waals surface area contributed by atoms with Crippen LogP contribution in [0.3, 0.4) is 0 Å². The molecule has 3 rings (SSSR count). The lowest BCUT2D eigenvalue weighted by Gasteiger charge is -2.23. The zero-order valence-electron chi connectivity index (χ0n) is 16.2. The largest absolute Gasteiger partial charge is 0.402 e. The first-order valence-corrected chi connectivity index (χ1v) is 9.83. The SMILES string of the molecule is CCCN(CCC)c1ccc(/C=C2/N=C(c3cc(F)c(F)cc3Cl)OC2=O)cc1. The van der Waals surface area contributed by atoms with Crippen molar-refractivity contribution in [3.05, 3.63) is 69.9 Å². The van der Waals surface area contributed by atoms with Crippen LogP contribution in [0.25, 0.3) is 6.08 Å². The van der Waals surface area contributed by atoms with Crippen LogP contribution in [0.2, 0.25) is 5.02 Å². The van der Waals surface area contributed by atoms with Gasteiger partial charge in [0.15, 0.2) is 17.3 Å². The smallest absolute Gasteiger partial charge is 0.363 e. The molecule has 0 aliphatic carbocycles. The molecule has 29 heavy (non-hydrogen) atoms. The predicted molar refractivity (Wildman–Crippen MR) is 111 cm³/mol. The van der Waals surface area contributed by atoms with Gasteiger partial charge in [-0.15, -0.1) is 0 Å². The molecule has 0 spiro atoms. The van der Waals surface area contributed by atoms with E-state index in [4.69, 9.17) is 16.3 Å². The summed E-state index contributed by atoms with van der Waals surface area (Å²) in [6, 6.07) is 9.46. The maximum absolute atomic E-state index is 13.5. The Kier molecular flexibility index (Phi) is 6.64. The van der Waals surface area contributed by atoms with Crippen molar-refractivity contribution < 1.29 is 18.3 Å². The number of anilines is 1. The molecule has 0 radical (unpaired) electrons. The highest BCUT2D eigenvalue weighted by Gasteiger charge is 2.26. The molecule has 0 amide bonds. The van der Waals surface area contributed by atoms with E-state index < -0.39 is 17.6 Å². The molecule has 2 aromatic rings. The van der Waals surface area contributed by atoms with E-state index in [1.54, 1.807) is 6.08 Å². The number of nitrogens with zero attached hydrogens (tertiary/aromatic N) is 2. The molecular weight excluding hydrogens is 398 g/mol. The molecule has 2 aromatic carbocycles. The van der Waals surface area contributed by atoms with Gasteiger partial charge in [0.25, 0.3) is 0 Å². The molecule has 1 heterocycles. The van der Waals surface area contributed by atoms with Crippen molar-refractivity contribution in [3.63, 3.8) is 0 Å². The van der Waals surface area contributed by atoms with Crippen LogP contribution < -0.4 is 4.90 Å². The van der Waals surface area contributed by atoms with Crippen molar-refractivity contribution >= 4 is 35.2 Å². The number of benzene rings is 2. The van der Waals surface area contributed by atoms with Gasteiger partial charge >= 0.3 is 5.97 Å². The number of hydrogen-bond acceptors (Lipinski definition) is 4. The number of hydrogen-bond donors (Lipinski definition) is 0. The van der Waals surface area contributed by atoms with Gasteiger partial charge < -0.3 is 9.64 Å². The van der Waals surface area contributed by atoms with Crippen molar-refractivity contribution in [1.29, 1.82) is 0 Å². The van der Waals surface area contributed by atoms with Crippen LogP contribution in [0, 0.1) is 11.6 Å². The fraction of sp³-hybridized carbons (Fsp3) is 0.273. The standard InChI is InChI=1S/C22H21ClF2N2O2/c1-3-9-27(10-4-2)15-7-5-14(6-8-15)11-20-22(28)29-21(26-20)16-12-18(24)19(25)13-17(16)23/h5-8,11-13H,3-4,9-10H2,1-2H3/b20-11+. The van der Waals surface area contributed by atoms with Crippen molar-refractivity contribution in [2.75, 3.05) is 18.0 Å². The van der Waals surface area contributed by atoms with Gasteiger partial charge in [0.1, 0.15) is 0 Å². The number of ether oxygens (including phenoxy) is 1. The molecule has 1 aliphatic heterocycles. The minimum absolute atomic E-state index is 0.0208. The molecule has 0 saturated carbocycles. The van der Waals surface area contributed by atoms with Crippen LogP contribution in [0.1, 0.15) is 37.8 Å². The number of carbonyl (C=O) groups is 1. The van der Waals surface area contributed by atoms with Crippen LogP contribution in [0.15, 0.2) is 47.1 Å². The molecular formula is C22H21ClF2N2O2. The number of halogens is 3. The fourth-order valence-corrected chi connectivity index (χ4v) is 3.29. The van der Waals surface area contributed by atoms with E-state index in [2.05, 4.69) is 23.7 Å². The third-order valence-corrected chi connectivity index (χ3v) is 4.72. The normalized spacial score (nSPS) is 14.9. The van der Waals surface area contributed by atoms with Gasteiger partial charge in [-0.3, -0.25) is 0 Å². The summed E-state index contributed by atoms with van der Waals surface area (Å²) < 4.78 is 31.9. The van der Waals surface area contributed by atoms with E-state index >= 15 is 0 Å². The lowest BCUT2D eigenvalue weighted by atomic mass is 10.1. The van der Waals surface area contributed by atoms with Gasteiger partial charge in [0, 0.05) is 18.8 Å². The molecule has 152 valence electrons. The Morgan fingerprint density at radius 1 is 1.07 bits per heavy atom. The monoisotopic (exact) mass is 418 g/mol. The minimum atomic E-state index is -1.10. The van der Waals surface area contributed by atoms with Gasteiger partial charge in [-0.1, -0.05) is 37.6 Å². The van der Waals surface area contributed by atoms with E-state index in [0.717, 1.165) is 49.3 Å². The van der Waals surface area contributed by atoms with E-state index in [1.165, 1.54) is 0 Å². The Hall–Kier alpha value is -2.73. The second-order valence-electron chi connectivity index (χ2n) is 6.66. The first-order chi connectivity index (χ1) is 13.9. The third kappa shape index (κ3) is 4.82.